The summed E-state index contributed by atoms with van der Waals surface area (Å²) in [5, 5.41) is 3.42. The Kier molecular flexibility index (Phi) is 6.65. The fraction of sp³-hybridized carbons (Fsp3) is 0.368. The van der Waals surface area contributed by atoms with Crippen LogP contribution in [0.15, 0.2) is 30.5 Å². The zero-order valence-electron chi connectivity index (χ0n) is 15.1. The maximum Gasteiger partial charge on any atom is 0.274 e. The molecule has 0 atom stereocenters. The predicted octanol–water partition coefficient (Wildman–Crippen LogP) is 4.54. The number of nitrogens with one attached hydrogen (secondary N) is 1. The van der Waals surface area contributed by atoms with Gasteiger partial charge in [-0.3, -0.25) is 4.79 Å². The molecule has 0 radical (unpaired) electrons. The van der Waals surface area contributed by atoms with E-state index < -0.39 is 0 Å². The molecule has 1 N–H and O–H groups in total. The number of pyridine rings is 1. The van der Waals surface area contributed by atoms with E-state index >= 15 is 0 Å². The van der Waals surface area contributed by atoms with Crippen LogP contribution in [0, 0.1) is 6.92 Å². The first-order valence-corrected chi connectivity index (χ1v) is 8.66. The van der Waals surface area contributed by atoms with Crippen molar-refractivity contribution in [1.82, 2.24) is 4.98 Å². The molecule has 0 aliphatic rings. The largest absolute Gasteiger partial charge is 0.495 e. The fourth-order valence-electron chi connectivity index (χ4n) is 2.39. The normalized spacial score (nSPS) is 10.4. The Morgan fingerprint density at radius 1 is 1.36 bits per heavy atom. The summed E-state index contributed by atoms with van der Waals surface area (Å²) in [6.45, 7) is 4.99. The topological polar surface area (TPSA) is 54.5 Å². The summed E-state index contributed by atoms with van der Waals surface area (Å²) in [5.74, 6) is 0.225. The van der Waals surface area contributed by atoms with Crippen LogP contribution < -0.4 is 15.0 Å². The van der Waals surface area contributed by atoms with Crippen molar-refractivity contribution in [3.05, 3.63) is 46.7 Å². The number of unbranched alkanes of at least 4 members (excludes halogenated alkanes) is 1. The number of halogens is 1. The Labute approximate surface area is 154 Å². The van der Waals surface area contributed by atoms with Crippen LogP contribution in [0.3, 0.4) is 0 Å². The second kappa shape index (κ2) is 8.72. The molecule has 5 nitrogen and oxygen atoms in total. The average molecular weight is 362 g/mol. The first kappa shape index (κ1) is 19.1. The molecule has 0 unspecified atom stereocenters. The van der Waals surface area contributed by atoms with Gasteiger partial charge in [0, 0.05) is 24.7 Å². The minimum absolute atomic E-state index is 0.289. The number of amides is 1. The first-order valence-electron chi connectivity index (χ1n) is 8.29. The summed E-state index contributed by atoms with van der Waals surface area (Å²) in [6, 6.07) is 7.10. The number of aryl methyl sites for hydroxylation is 1. The molecule has 0 saturated carbocycles. The highest BCUT2D eigenvalue weighted by Crippen LogP contribution is 2.31. The van der Waals surface area contributed by atoms with Crippen molar-refractivity contribution in [3.63, 3.8) is 0 Å². The van der Waals surface area contributed by atoms with E-state index in [9.17, 15) is 4.79 Å². The number of methoxy groups -OCH3 is 1. The summed E-state index contributed by atoms with van der Waals surface area (Å²) in [4.78, 5) is 18.9. The fourth-order valence-corrected chi connectivity index (χ4v) is 2.54. The number of nitrogens with zero attached hydrogens (tertiary/aromatic N) is 2. The minimum atomic E-state index is -0.289. The quantitative estimate of drug-likeness (QED) is 0.786. The number of carbonyl (C=O) groups is 1. The van der Waals surface area contributed by atoms with Crippen molar-refractivity contribution in [3.8, 4) is 5.75 Å². The molecule has 1 amide bonds. The average Bonchev–Trinajstić information content (AvgIpc) is 2.62. The summed E-state index contributed by atoms with van der Waals surface area (Å²) in [7, 11) is 3.56. The number of hydrogen-bond donors (Lipinski definition) is 1. The van der Waals surface area contributed by atoms with Crippen LogP contribution in [-0.2, 0) is 0 Å². The van der Waals surface area contributed by atoms with Crippen molar-refractivity contribution < 1.29 is 9.53 Å². The van der Waals surface area contributed by atoms with Gasteiger partial charge >= 0.3 is 0 Å². The first-order chi connectivity index (χ1) is 12.0. The minimum Gasteiger partial charge on any atom is -0.495 e. The second-order valence-corrected chi connectivity index (χ2v) is 6.34. The van der Waals surface area contributed by atoms with E-state index in [0.29, 0.717) is 22.2 Å². The Bertz CT molecular complexity index is 732. The molecule has 0 aliphatic carbocycles. The molecule has 1 heterocycles. The molecule has 1 aromatic heterocycles. The highest BCUT2D eigenvalue weighted by Gasteiger charge is 2.13. The number of hydrogen-bond acceptors (Lipinski definition) is 4. The van der Waals surface area contributed by atoms with Crippen LogP contribution >= 0.6 is 11.6 Å². The van der Waals surface area contributed by atoms with E-state index in [-0.39, 0.29) is 5.91 Å². The lowest BCUT2D eigenvalue weighted by Crippen LogP contribution is -2.19. The third-order valence-corrected chi connectivity index (χ3v) is 4.40. The molecular formula is C19H24ClN3O2. The zero-order chi connectivity index (χ0) is 18.4. The third-order valence-electron chi connectivity index (χ3n) is 4.00. The lowest BCUT2D eigenvalue weighted by Gasteiger charge is -2.18. The van der Waals surface area contributed by atoms with Crippen LogP contribution in [0.25, 0.3) is 0 Å². The van der Waals surface area contributed by atoms with Crippen molar-refractivity contribution >= 4 is 28.9 Å². The smallest absolute Gasteiger partial charge is 0.274 e. The van der Waals surface area contributed by atoms with Crippen LogP contribution in [0.5, 0.6) is 5.75 Å². The van der Waals surface area contributed by atoms with Crippen LogP contribution in [0.1, 0.15) is 35.8 Å². The Morgan fingerprint density at radius 2 is 2.12 bits per heavy atom. The van der Waals surface area contributed by atoms with E-state index in [0.717, 1.165) is 30.6 Å². The van der Waals surface area contributed by atoms with Gasteiger partial charge in [0.15, 0.2) is 0 Å². The van der Waals surface area contributed by atoms with Gasteiger partial charge in [-0.25, -0.2) is 4.98 Å². The lowest BCUT2D eigenvalue weighted by atomic mass is 10.2. The molecule has 0 aliphatic heterocycles. The number of rotatable bonds is 7. The lowest BCUT2D eigenvalue weighted by molar-refractivity contribution is 0.102. The van der Waals surface area contributed by atoms with E-state index in [1.165, 1.54) is 7.11 Å². The standard InChI is InChI=1S/C19H24ClN3O2/c1-5-6-9-23(3)14-7-8-16(21-12-14)19(24)22-17-10-13(2)15(20)11-18(17)25-4/h7-8,10-12H,5-6,9H2,1-4H3,(H,22,24). The Morgan fingerprint density at radius 3 is 2.72 bits per heavy atom. The molecule has 2 aromatic rings. The molecule has 134 valence electrons. The van der Waals surface area contributed by atoms with E-state index in [1.54, 1.807) is 24.4 Å². The van der Waals surface area contributed by atoms with E-state index in [2.05, 4.69) is 22.1 Å². The van der Waals surface area contributed by atoms with Gasteiger partial charge in [-0.2, -0.15) is 0 Å². The molecule has 25 heavy (non-hydrogen) atoms. The number of aromatic nitrogens is 1. The van der Waals surface area contributed by atoms with Gasteiger partial charge in [0.2, 0.25) is 0 Å². The molecule has 1 aromatic carbocycles. The molecule has 0 bridgehead atoms. The summed E-state index contributed by atoms with van der Waals surface area (Å²) in [6.07, 6.45) is 3.98. The molecule has 0 fully saturated rings. The van der Waals surface area contributed by atoms with Crippen molar-refractivity contribution in [1.29, 1.82) is 0 Å². The van der Waals surface area contributed by atoms with Crippen molar-refractivity contribution in [2.75, 3.05) is 30.9 Å². The van der Waals surface area contributed by atoms with Crippen LogP contribution in [-0.4, -0.2) is 31.6 Å². The van der Waals surface area contributed by atoms with Gasteiger partial charge in [0.1, 0.15) is 11.4 Å². The van der Waals surface area contributed by atoms with Gasteiger partial charge in [-0.05, 0) is 37.1 Å². The van der Waals surface area contributed by atoms with Crippen molar-refractivity contribution in [2.45, 2.75) is 26.7 Å². The van der Waals surface area contributed by atoms with Gasteiger partial charge in [0.25, 0.3) is 5.91 Å². The Balaban J connectivity index is 2.12. The van der Waals surface area contributed by atoms with Gasteiger partial charge < -0.3 is 15.0 Å². The predicted molar refractivity (Wildman–Crippen MR) is 103 cm³/mol. The summed E-state index contributed by atoms with van der Waals surface area (Å²) >= 11 is 6.09. The number of ether oxygens (including phenoxy) is 1. The summed E-state index contributed by atoms with van der Waals surface area (Å²) in [5.41, 5.74) is 2.77. The van der Waals surface area contributed by atoms with Crippen molar-refractivity contribution in [2.24, 2.45) is 0 Å². The maximum atomic E-state index is 12.5. The molecule has 2 rings (SSSR count). The molecular weight excluding hydrogens is 338 g/mol. The molecule has 0 spiro atoms. The summed E-state index contributed by atoms with van der Waals surface area (Å²) < 4.78 is 5.28. The number of anilines is 2. The third kappa shape index (κ3) is 4.86. The molecule has 0 saturated heterocycles. The number of carbonyl (C=O) groups excluding carboxylic acids is 1. The van der Waals surface area contributed by atoms with E-state index in [1.807, 2.05) is 20.0 Å². The zero-order valence-corrected chi connectivity index (χ0v) is 15.9. The monoisotopic (exact) mass is 361 g/mol. The second-order valence-electron chi connectivity index (χ2n) is 5.93. The van der Waals surface area contributed by atoms with Gasteiger partial charge in [-0.1, -0.05) is 24.9 Å². The van der Waals surface area contributed by atoms with Gasteiger partial charge in [-0.15, -0.1) is 0 Å². The maximum absolute atomic E-state index is 12.5. The number of benzene rings is 1. The van der Waals surface area contributed by atoms with Crippen LogP contribution in [0.4, 0.5) is 11.4 Å². The molecule has 6 heteroatoms. The highest BCUT2D eigenvalue weighted by atomic mass is 35.5. The highest BCUT2D eigenvalue weighted by molar-refractivity contribution is 6.31. The van der Waals surface area contributed by atoms with Gasteiger partial charge in [0.05, 0.1) is 24.7 Å². The van der Waals surface area contributed by atoms with E-state index in [4.69, 9.17) is 16.3 Å². The van der Waals surface area contributed by atoms with Crippen LogP contribution in [0.2, 0.25) is 5.02 Å². The SMILES string of the molecule is CCCCN(C)c1ccc(C(=O)Nc2cc(C)c(Cl)cc2OC)nc1. The Hall–Kier alpha value is -2.27.